The minimum absolute atomic E-state index is 0.0271. The van der Waals surface area contributed by atoms with E-state index in [4.69, 9.17) is 16.6 Å². The van der Waals surface area contributed by atoms with E-state index in [2.05, 4.69) is 41.3 Å². The minimum atomic E-state index is -0.262. The first-order chi connectivity index (χ1) is 17.0. The van der Waals surface area contributed by atoms with Crippen LogP contribution in [0.4, 0.5) is 5.69 Å². The molecule has 35 heavy (non-hydrogen) atoms. The van der Waals surface area contributed by atoms with Gasteiger partial charge in [-0.2, -0.15) is 0 Å². The smallest absolute Gasteiger partial charge is 0.271 e. The van der Waals surface area contributed by atoms with E-state index in [1.54, 1.807) is 0 Å². The average molecular weight is 498 g/mol. The molecule has 0 amide bonds. The summed E-state index contributed by atoms with van der Waals surface area (Å²) in [5, 5.41) is 0.666. The number of rotatable bonds is 3. The van der Waals surface area contributed by atoms with Gasteiger partial charge in [-0.25, -0.2) is 4.99 Å². The predicted molar refractivity (Wildman–Crippen MR) is 145 cm³/mol. The van der Waals surface area contributed by atoms with Gasteiger partial charge < -0.3 is 4.90 Å². The fraction of sp³-hybridized carbons (Fsp3) is 0.172. The van der Waals surface area contributed by atoms with Crippen LogP contribution in [0.1, 0.15) is 34.7 Å². The highest BCUT2D eigenvalue weighted by Gasteiger charge is 2.33. The van der Waals surface area contributed by atoms with E-state index >= 15 is 0 Å². The van der Waals surface area contributed by atoms with Gasteiger partial charge in [-0.15, -0.1) is 0 Å². The van der Waals surface area contributed by atoms with Crippen LogP contribution in [0.2, 0.25) is 5.02 Å². The summed E-state index contributed by atoms with van der Waals surface area (Å²) in [4.78, 5) is 21.7. The van der Waals surface area contributed by atoms with E-state index in [0.717, 1.165) is 46.5 Å². The second-order valence-corrected chi connectivity index (χ2v) is 10.5. The van der Waals surface area contributed by atoms with Gasteiger partial charge in [-0.1, -0.05) is 77.5 Å². The van der Waals surface area contributed by atoms with Crippen molar-refractivity contribution < 1.29 is 0 Å². The molecule has 4 aromatic rings. The number of aromatic nitrogens is 1. The Morgan fingerprint density at radius 2 is 1.74 bits per heavy atom. The summed E-state index contributed by atoms with van der Waals surface area (Å²) in [6, 6.07) is 24.2. The Morgan fingerprint density at radius 3 is 2.51 bits per heavy atom. The minimum Gasteiger partial charge on any atom is -0.378 e. The predicted octanol–water partition coefficient (Wildman–Crippen LogP) is 5.04. The first-order valence-electron chi connectivity index (χ1n) is 11.7. The average Bonchev–Trinajstić information content (AvgIpc) is 3.18. The zero-order valence-electron chi connectivity index (χ0n) is 19.5. The standard InChI is InChI=1S/C29H24ClN3OS/c1-32(2)20-14-11-18(12-15-20)17-25-28(34)33-27(22-9-5-6-10-24(22)30)23-16-13-19-7-3-4-8-21(19)26(23)31-29(33)35-25/h3-12,14-15,17,27H,13,16H2,1-2H3/b25-17-/t27-/m1/s1. The van der Waals surface area contributed by atoms with Crippen LogP contribution in [0.15, 0.2) is 88.2 Å². The van der Waals surface area contributed by atoms with E-state index in [1.807, 2.05) is 61.1 Å². The van der Waals surface area contributed by atoms with Crippen LogP contribution in [0.5, 0.6) is 0 Å². The van der Waals surface area contributed by atoms with Crippen molar-refractivity contribution in [3.8, 4) is 0 Å². The zero-order chi connectivity index (χ0) is 24.1. The molecule has 0 fully saturated rings. The van der Waals surface area contributed by atoms with E-state index in [-0.39, 0.29) is 11.6 Å². The third-order valence-corrected chi connectivity index (χ3v) is 8.11. The SMILES string of the molecule is CN(C)c1ccc(/C=c2\sc3n(c2=O)[C@H](c2ccccc2Cl)C2=C(N=3)c3ccccc3CC2)cc1. The lowest BCUT2D eigenvalue weighted by atomic mass is 9.83. The van der Waals surface area contributed by atoms with Crippen LogP contribution >= 0.6 is 22.9 Å². The Hall–Kier alpha value is -3.41. The molecule has 0 saturated heterocycles. The molecule has 6 heteroatoms. The maximum absolute atomic E-state index is 13.8. The highest BCUT2D eigenvalue weighted by Crippen LogP contribution is 2.42. The Morgan fingerprint density at radius 1 is 1.00 bits per heavy atom. The molecule has 2 aliphatic rings. The number of halogens is 1. The molecule has 1 aromatic heterocycles. The van der Waals surface area contributed by atoms with E-state index < -0.39 is 0 Å². The second kappa shape index (κ2) is 8.67. The maximum atomic E-state index is 13.8. The molecule has 6 rings (SSSR count). The van der Waals surface area contributed by atoms with Gasteiger partial charge in [-0.05, 0) is 59.4 Å². The fourth-order valence-electron chi connectivity index (χ4n) is 5.02. The molecule has 1 aliphatic carbocycles. The molecule has 1 atom stereocenters. The number of anilines is 1. The van der Waals surface area contributed by atoms with Crippen molar-refractivity contribution in [1.82, 2.24) is 4.57 Å². The molecule has 3 aromatic carbocycles. The Balaban J connectivity index is 1.59. The molecular formula is C29H24ClN3OS. The first-order valence-corrected chi connectivity index (χ1v) is 12.9. The van der Waals surface area contributed by atoms with Crippen molar-refractivity contribution in [2.24, 2.45) is 4.99 Å². The monoisotopic (exact) mass is 497 g/mol. The molecule has 0 saturated carbocycles. The van der Waals surface area contributed by atoms with Gasteiger partial charge in [0.15, 0.2) is 4.80 Å². The van der Waals surface area contributed by atoms with Crippen molar-refractivity contribution in [2.75, 3.05) is 19.0 Å². The molecule has 0 spiro atoms. The highest BCUT2D eigenvalue weighted by atomic mass is 35.5. The number of benzene rings is 3. The highest BCUT2D eigenvalue weighted by molar-refractivity contribution is 7.07. The number of allylic oxidation sites excluding steroid dienone is 1. The first kappa shape index (κ1) is 22.1. The lowest BCUT2D eigenvalue weighted by Crippen LogP contribution is -2.38. The molecule has 2 heterocycles. The maximum Gasteiger partial charge on any atom is 0.271 e. The summed E-state index contributed by atoms with van der Waals surface area (Å²) >= 11 is 8.15. The van der Waals surface area contributed by atoms with Crippen molar-refractivity contribution in [1.29, 1.82) is 0 Å². The number of fused-ring (bicyclic) bond motifs is 3. The zero-order valence-corrected chi connectivity index (χ0v) is 21.1. The lowest BCUT2D eigenvalue weighted by Gasteiger charge is -2.31. The molecule has 1 aliphatic heterocycles. The van der Waals surface area contributed by atoms with Crippen molar-refractivity contribution in [3.05, 3.63) is 125 Å². The fourth-order valence-corrected chi connectivity index (χ4v) is 6.26. The van der Waals surface area contributed by atoms with Gasteiger partial charge in [0.2, 0.25) is 0 Å². The van der Waals surface area contributed by atoms with Crippen LogP contribution in [-0.2, 0) is 6.42 Å². The summed E-state index contributed by atoms with van der Waals surface area (Å²) in [7, 11) is 4.03. The molecule has 0 radical (unpaired) electrons. The summed E-state index contributed by atoms with van der Waals surface area (Å²) < 4.78 is 2.52. The van der Waals surface area contributed by atoms with Gasteiger partial charge in [0.25, 0.3) is 5.56 Å². The normalized spacial score (nSPS) is 16.9. The van der Waals surface area contributed by atoms with Crippen LogP contribution in [0.3, 0.4) is 0 Å². The van der Waals surface area contributed by atoms with E-state index in [1.165, 1.54) is 16.9 Å². The number of hydrogen-bond acceptors (Lipinski definition) is 4. The van der Waals surface area contributed by atoms with Crippen molar-refractivity contribution >= 4 is 40.4 Å². The number of aryl methyl sites for hydroxylation is 1. The van der Waals surface area contributed by atoms with E-state index in [0.29, 0.717) is 14.4 Å². The summed E-state index contributed by atoms with van der Waals surface area (Å²) in [6.07, 6.45) is 3.74. The Kier molecular flexibility index (Phi) is 5.47. The van der Waals surface area contributed by atoms with E-state index in [9.17, 15) is 4.79 Å². The van der Waals surface area contributed by atoms with Crippen LogP contribution in [-0.4, -0.2) is 18.7 Å². The number of thiazole rings is 1. The lowest BCUT2D eigenvalue weighted by molar-refractivity contribution is 0.585. The molecule has 0 N–H and O–H groups in total. The third-order valence-electron chi connectivity index (χ3n) is 6.78. The third kappa shape index (κ3) is 3.76. The van der Waals surface area contributed by atoms with Crippen LogP contribution < -0.4 is 19.8 Å². The Bertz CT molecular complexity index is 1660. The van der Waals surface area contributed by atoms with Crippen molar-refractivity contribution in [3.63, 3.8) is 0 Å². The molecule has 0 unspecified atom stereocenters. The Labute approximate surface area is 212 Å². The number of nitrogens with zero attached hydrogens (tertiary/aromatic N) is 3. The summed E-state index contributed by atoms with van der Waals surface area (Å²) in [6.45, 7) is 0. The molecule has 174 valence electrons. The van der Waals surface area contributed by atoms with Crippen LogP contribution in [0.25, 0.3) is 11.8 Å². The molecular weight excluding hydrogens is 474 g/mol. The summed E-state index contributed by atoms with van der Waals surface area (Å²) in [5.74, 6) is 0. The number of hydrogen-bond donors (Lipinski definition) is 0. The summed E-state index contributed by atoms with van der Waals surface area (Å²) in [5.41, 5.74) is 7.62. The largest absolute Gasteiger partial charge is 0.378 e. The molecule has 4 nitrogen and oxygen atoms in total. The van der Waals surface area contributed by atoms with Gasteiger partial charge in [-0.3, -0.25) is 9.36 Å². The van der Waals surface area contributed by atoms with Crippen LogP contribution in [0, 0.1) is 0 Å². The van der Waals surface area contributed by atoms with Gasteiger partial charge >= 0.3 is 0 Å². The molecule has 0 bridgehead atoms. The van der Waals surface area contributed by atoms with Gasteiger partial charge in [0.1, 0.15) is 0 Å². The van der Waals surface area contributed by atoms with Crippen molar-refractivity contribution in [2.45, 2.75) is 18.9 Å². The topological polar surface area (TPSA) is 37.6 Å². The quantitative estimate of drug-likeness (QED) is 0.398. The van der Waals surface area contributed by atoms with Gasteiger partial charge in [0.05, 0.1) is 16.3 Å². The second-order valence-electron chi connectivity index (χ2n) is 9.12. The van der Waals surface area contributed by atoms with Gasteiger partial charge in [0, 0.05) is 30.4 Å².